The van der Waals surface area contributed by atoms with Gasteiger partial charge in [0.2, 0.25) is 0 Å². The van der Waals surface area contributed by atoms with Crippen LogP contribution in [0.15, 0.2) is 0 Å². The number of likely N-dealkylation sites (N-methyl/N-ethyl adjacent to an activating group) is 1. The third-order valence-corrected chi connectivity index (χ3v) is 3.25. The van der Waals surface area contributed by atoms with E-state index in [9.17, 15) is 14.7 Å². The van der Waals surface area contributed by atoms with Crippen LogP contribution in [0.3, 0.4) is 0 Å². The average molecular weight is 258 g/mol. The summed E-state index contributed by atoms with van der Waals surface area (Å²) in [6.45, 7) is 2.05. The SMILES string of the molecule is CCOC(=O)C(N)C(=O)N(C)CC1(O)CCCC1. The van der Waals surface area contributed by atoms with Gasteiger partial charge in [0, 0.05) is 13.6 Å². The first-order chi connectivity index (χ1) is 8.39. The Morgan fingerprint density at radius 1 is 1.44 bits per heavy atom. The number of nitrogens with two attached hydrogens (primary N) is 1. The predicted molar refractivity (Wildman–Crippen MR) is 65.7 cm³/mol. The van der Waals surface area contributed by atoms with Crippen molar-refractivity contribution in [3.8, 4) is 0 Å². The second-order valence-electron chi connectivity index (χ2n) is 4.86. The Kier molecular flexibility index (Phi) is 5.10. The van der Waals surface area contributed by atoms with E-state index in [0.29, 0.717) is 12.8 Å². The molecule has 18 heavy (non-hydrogen) atoms. The molecule has 1 atom stereocenters. The lowest BCUT2D eigenvalue weighted by molar-refractivity contribution is -0.151. The monoisotopic (exact) mass is 258 g/mol. The van der Waals surface area contributed by atoms with E-state index < -0.39 is 23.5 Å². The summed E-state index contributed by atoms with van der Waals surface area (Å²) in [6.07, 6.45) is 3.28. The quantitative estimate of drug-likeness (QED) is 0.519. The van der Waals surface area contributed by atoms with E-state index >= 15 is 0 Å². The summed E-state index contributed by atoms with van der Waals surface area (Å²) in [5.74, 6) is -1.25. The second-order valence-corrected chi connectivity index (χ2v) is 4.86. The zero-order valence-electron chi connectivity index (χ0n) is 11.0. The van der Waals surface area contributed by atoms with E-state index in [4.69, 9.17) is 10.5 Å². The van der Waals surface area contributed by atoms with Crippen LogP contribution in [0.4, 0.5) is 0 Å². The molecule has 0 aromatic heterocycles. The minimum Gasteiger partial charge on any atom is -0.464 e. The van der Waals surface area contributed by atoms with Gasteiger partial charge in [-0.15, -0.1) is 0 Å². The lowest BCUT2D eigenvalue weighted by Crippen LogP contribution is -2.51. The Morgan fingerprint density at radius 2 is 2.00 bits per heavy atom. The smallest absolute Gasteiger partial charge is 0.332 e. The fourth-order valence-corrected chi connectivity index (χ4v) is 2.28. The van der Waals surface area contributed by atoms with Crippen molar-refractivity contribution >= 4 is 11.9 Å². The van der Waals surface area contributed by atoms with Gasteiger partial charge in [0.1, 0.15) is 0 Å². The first-order valence-electron chi connectivity index (χ1n) is 6.29. The van der Waals surface area contributed by atoms with Gasteiger partial charge in [-0.3, -0.25) is 4.79 Å². The summed E-state index contributed by atoms with van der Waals surface area (Å²) >= 11 is 0. The molecule has 1 fully saturated rings. The summed E-state index contributed by atoms with van der Waals surface area (Å²) in [7, 11) is 1.54. The van der Waals surface area contributed by atoms with Crippen molar-refractivity contribution in [1.82, 2.24) is 4.90 Å². The maximum atomic E-state index is 11.9. The number of ether oxygens (including phenoxy) is 1. The van der Waals surface area contributed by atoms with E-state index in [1.807, 2.05) is 0 Å². The number of hydrogen-bond acceptors (Lipinski definition) is 5. The van der Waals surface area contributed by atoms with Crippen molar-refractivity contribution in [1.29, 1.82) is 0 Å². The van der Waals surface area contributed by atoms with E-state index in [1.165, 1.54) is 11.9 Å². The molecule has 1 saturated carbocycles. The topological polar surface area (TPSA) is 92.9 Å². The molecule has 1 rings (SSSR count). The first-order valence-corrected chi connectivity index (χ1v) is 6.29. The summed E-state index contributed by atoms with van der Waals surface area (Å²) in [5.41, 5.74) is 4.68. The van der Waals surface area contributed by atoms with Crippen molar-refractivity contribution in [3.63, 3.8) is 0 Å². The molecule has 104 valence electrons. The van der Waals surface area contributed by atoms with Crippen molar-refractivity contribution in [3.05, 3.63) is 0 Å². The fourth-order valence-electron chi connectivity index (χ4n) is 2.28. The molecule has 0 spiro atoms. The number of aliphatic hydroxyl groups is 1. The molecule has 0 aromatic rings. The highest BCUT2D eigenvalue weighted by atomic mass is 16.5. The van der Waals surface area contributed by atoms with Gasteiger partial charge < -0.3 is 20.5 Å². The molecule has 0 saturated heterocycles. The molecule has 0 bridgehead atoms. The van der Waals surface area contributed by atoms with Gasteiger partial charge in [-0.25, -0.2) is 4.79 Å². The lowest BCUT2D eigenvalue weighted by atomic mass is 10.0. The Bertz CT molecular complexity index is 313. The molecule has 0 aliphatic heterocycles. The Labute approximate surface area is 107 Å². The maximum absolute atomic E-state index is 11.9. The molecular weight excluding hydrogens is 236 g/mol. The van der Waals surface area contributed by atoms with Crippen LogP contribution in [0.25, 0.3) is 0 Å². The Morgan fingerprint density at radius 3 is 2.50 bits per heavy atom. The molecule has 1 amide bonds. The van der Waals surface area contributed by atoms with Gasteiger partial charge in [-0.2, -0.15) is 0 Å². The molecule has 6 nitrogen and oxygen atoms in total. The van der Waals surface area contributed by atoms with Crippen molar-refractivity contribution in [2.45, 2.75) is 44.2 Å². The van der Waals surface area contributed by atoms with E-state index in [-0.39, 0.29) is 13.2 Å². The highest BCUT2D eigenvalue weighted by molar-refractivity contribution is 6.01. The summed E-state index contributed by atoms with van der Waals surface area (Å²) in [5, 5.41) is 10.2. The van der Waals surface area contributed by atoms with Gasteiger partial charge in [-0.05, 0) is 19.8 Å². The van der Waals surface area contributed by atoms with Crippen LogP contribution >= 0.6 is 0 Å². The van der Waals surface area contributed by atoms with Crippen LogP contribution in [0.5, 0.6) is 0 Å². The van der Waals surface area contributed by atoms with Crippen LogP contribution in [-0.4, -0.2) is 53.7 Å². The number of rotatable bonds is 5. The zero-order valence-corrected chi connectivity index (χ0v) is 11.0. The Balaban J connectivity index is 2.52. The minimum atomic E-state index is -1.31. The largest absolute Gasteiger partial charge is 0.464 e. The van der Waals surface area contributed by atoms with Gasteiger partial charge in [0.25, 0.3) is 5.91 Å². The molecule has 0 heterocycles. The minimum absolute atomic E-state index is 0.188. The van der Waals surface area contributed by atoms with Crippen molar-refractivity contribution in [2.75, 3.05) is 20.2 Å². The maximum Gasteiger partial charge on any atom is 0.332 e. The van der Waals surface area contributed by atoms with Gasteiger partial charge in [-0.1, -0.05) is 12.8 Å². The number of carbonyl (C=O) groups is 2. The third-order valence-electron chi connectivity index (χ3n) is 3.25. The molecule has 6 heteroatoms. The standard InChI is InChI=1S/C12H22N2O4/c1-3-18-11(16)9(13)10(15)14(2)8-12(17)6-4-5-7-12/h9,17H,3-8,13H2,1-2H3. The van der Waals surface area contributed by atoms with E-state index in [2.05, 4.69) is 0 Å². The molecule has 1 unspecified atom stereocenters. The van der Waals surface area contributed by atoms with Gasteiger partial charge in [0.15, 0.2) is 6.04 Å². The molecule has 3 N–H and O–H groups in total. The average Bonchev–Trinajstić information content (AvgIpc) is 2.74. The number of amides is 1. The molecular formula is C12H22N2O4. The number of esters is 1. The van der Waals surface area contributed by atoms with Crippen LogP contribution in [0.2, 0.25) is 0 Å². The van der Waals surface area contributed by atoms with Crippen molar-refractivity contribution in [2.24, 2.45) is 5.73 Å². The number of hydrogen-bond donors (Lipinski definition) is 2. The molecule has 1 aliphatic carbocycles. The fraction of sp³-hybridized carbons (Fsp3) is 0.833. The normalized spacial score (nSPS) is 19.3. The summed E-state index contributed by atoms with van der Waals surface area (Å²) in [4.78, 5) is 24.5. The lowest BCUT2D eigenvalue weighted by Gasteiger charge is -2.29. The second kappa shape index (κ2) is 6.15. The highest BCUT2D eigenvalue weighted by Crippen LogP contribution is 2.29. The van der Waals surface area contributed by atoms with Crippen LogP contribution in [0.1, 0.15) is 32.6 Å². The van der Waals surface area contributed by atoms with Crippen LogP contribution < -0.4 is 5.73 Å². The molecule has 1 aliphatic rings. The van der Waals surface area contributed by atoms with E-state index in [0.717, 1.165) is 12.8 Å². The number of nitrogens with zero attached hydrogens (tertiary/aromatic N) is 1. The zero-order chi connectivity index (χ0) is 13.8. The Hall–Kier alpha value is -1.14. The van der Waals surface area contributed by atoms with Gasteiger partial charge >= 0.3 is 5.97 Å². The summed E-state index contributed by atoms with van der Waals surface area (Å²) in [6, 6.07) is -1.31. The van der Waals surface area contributed by atoms with Crippen LogP contribution in [0, 0.1) is 0 Å². The molecule has 0 aromatic carbocycles. The van der Waals surface area contributed by atoms with E-state index in [1.54, 1.807) is 6.92 Å². The highest BCUT2D eigenvalue weighted by Gasteiger charge is 2.35. The number of carbonyl (C=O) groups excluding carboxylic acids is 2. The molecule has 0 radical (unpaired) electrons. The van der Waals surface area contributed by atoms with Crippen molar-refractivity contribution < 1.29 is 19.4 Å². The predicted octanol–water partition coefficient (Wildman–Crippen LogP) is -0.360. The first kappa shape index (κ1) is 14.9. The summed E-state index contributed by atoms with van der Waals surface area (Å²) < 4.78 is 4.70. The van der Waals surface area contributed by atoms with Gasteiger partial charge in [0.05, 0.1) is 12.2 Å². The third kappa shape index (κ3) is 3.68. The van der Waals surface area contributed by atoms with Crippen LogP contribution in [-0.2, 0) is 14.3 Å².